The van der Waals surface area contributed by atoms with Crippen molar-refractivity contribution in [1.29, 1.82) is 0 Å². The van der Waals surface area contributed by atoms with Gasteiger partial charge in [-0.3, -0.25) is 0 Å². The van der Waals surface area contributed by atoms with Crippen molar-refractivity contribution >= 4 is 36.3 Å². The van der Waals surface area contributed by atoms with E-state index in [2.05, 4.69) is 0 Å². The molecule has 378 valence electrons. The van der Waals surface area contributed by atoms with Crippen molar-refractivity contribution in [3.05, 3.63) is 0 Å². The molecule has 0 saturated carbocycles. The number of esters is 2. The normalized spacial score (nSPS) is 24.9. The average Bonchev–Trinajstić information content (AvgIpc) is 3.21. The second-order valence-corrected chi connectivity index (χ2v) is 19.8. The Labute approximate surface area is 385 Å². The maximum absolute atomic E-state index is 13.1. The van der Waals surface area contributed by atoms with E-state index in [9.17, 15) is 33.9 Å². The molecule has 0 aromatic heterocycles. The number of carbonyl (C=O) groups is 6. The summed E-state index contributed by atoms with van der Waals surface area (Å²) < 4.78 is 60.8. The Bertz CT molecular complexity index is 1460. The Kier molecular flexibility index (Phi) is 24.1. The lowest BCUT2D eigenvalue weighted by molar-refractivity contribution is -0.166. The standard InChI is InChI=1S/C23H41NO9.C22H39NO9/c1-10-11-12-30-17-14-29-13-16(19(25)31-15(2)18(17)28-9)24(20(26)32-22(3,4)5)21(27)33-23(6,7)8;1-9-10-11-29-16-13-28-12-15(18(25)30-14(2)17(16)24)23(19(26)31-21(3,4)5)20(27)32-22(6,7)8/h15-18H,10-14H2,1-9H3;14-17,24H,9-13H2,1-8H3/t15-,16-,17-,18-;14-,15-,16-,17-/m00/s1. The zero-order valence-electron chi connectivity index (χ0n) is 42.0. The van der Waals surface area contributed by atoms with Gasteiger partial charge in [-0.1, -0.05) is 26.7 Å². The number of hydrogen-bond acceptors (Lipinski definition) is 18. The average molecular weight is 937 g/mol. The van der Waals surface area contributed by atoms with E-state index < -0.39 is 107 Å². The smallest absolute Gasteiger partial charge is 0.420 e. The molecule has 2 aliphatic rings. The highest BCUT2D eigenvalue weighted by Gasteiger charge is 2.46. The first-order valence-corrected chi connectivity index (χ1v) is 22.4. The van der Waals surface area contributed by atoms with Gasteiger partial charge in [0.05, 0.1) is 26.4 Å². The van der Waals surface area contributed by atoms with Crippen molar-refractivity contribution in [2.45, 2.75) is 208 Å². The summed E-state index contributed by atoms with van der Waals surface area (Å²) in [5.74, 6) is -1.77. The first kappa shape index (κ1) is 59.2. The number of nitrogens with zero attached hydrogens (tertiary/aromatic N) is 2. The van der Waals surface area contributed by atoms with Crippen LogP contribution in [0.4, 0.5) is 19.2 Å². The first-order valence-electron chi connectivity index (χ1n) is 22.4. The second kappa shape index (κ2) is 26.5. The van der Waals surface area contributed by atoms with Crippen LogP contribution < -0.4 is 0 Å². The van der Waals surface area contributed by atoms with Crippen LogP contribution in [0.2, 0.25) is 0 Å². The van der Waals surface area contributed by atoms with Gasteiger partial charge in [-0.25, -0.2) is 28.8 Å². The minimum atomic E-state index is -1.47. The molecular weight excluding hydrogens is 856 g/mol. The van der Waals surface area contributed by atoms with E-state index in [0.717, 1.165) is 25.7 Å². The summed E-state index contributed by atoms with van der Waals surface area (Å²) in [6.07, 6.45) is -5.35. The minimum Gasteiger partial charge on any atom is -0.458 e. The van der Waals surface area contributed by atoms with Gasteiger partial charge in [-0.2, -0.15) is 9.80 Å². The van der Waals surface area contributed by atoms with Crippen LogP contribution in [0.5, 0.6) is 0 Å². The van der Waals surface area contributed by atoms with Gasteiger partial charge in [0.15, 0.2) is 12.1 Å². The summed E-state index contributed by atoms with van der Waals surface area (Å²) in [6, 6.07) is -2.88. The van der Waals surface area contributed by atoms with E-state index >= 15 is 0 Å². The van der Waals surface area contributed by atoms with E-state index in [1.54, 1.807) is 90.0 Å². The zero-order valence-corrected chi connectivity index (χ0v) is 42.0. The predicted octanol–water partition coefficient (Wildman–Crippen LogP) is 6.72. The molecule has 0 aromatic carbocycles. The maximum atomic E-state index is 13.1. The van der Waals surface area contributed by atoms with Crippen LogP contribution >= 0.6 is 0 Å². The van der Waals surface area contributed by atoms with Crippen molar-refractivity contribution in [2.24, 2.45) is 0 Å². The number of aliphatic hydroxyl groups excluding tert-OH is 1. The fourth-order valence-corrected chi connectivity index (χ4v) is 5.84. The van der Waals surface area contributed by atoms with Gasteiger partial charge in [0.25, 0.3) is 0 Å². The molecule has 0 radical (unpaired) electrons. The quantitative estimate of drug-likeness (QED) is 0.129. The Balaban J connectivity index is 0.000000650. The van der Waals surface area contributed by atoms with E-state index in [0.29, 0.717) is 23.0 Å². The summed E-state index contributed by atoms with van der Waals surface area (Å²) in [5, 5.41) is 10.6. The second-order valence-electron chi connectivity index (χ2n) is 19.8. The molecule has 20 heteroatoms. The van der Waals surface area contributed by atoms with Gasteiger partial charge in [0, 0.05) is 20.3 Å². The largest absolute Gasteiger partial charge is 0.458 e. The van der Waals surface area contributed by atoms with Crippen molar-refractivity contribution in [2.75, 3.05) is 46.8 Å². The first-order chi connectivity index (χ1) is 29.9. The molecule has 0 spiro atoms. The highest BCUT2D eigenvalue weighted by Crippen LogP contribution is 2.24. The number of amides is 4. The number of hydrogen-bond donors (Lipinski definition) is 1. The molecule has 2 rings (SSSR count). The summed E-state index contributed by atoms with van der Waals surface area (Å²) in [6.45, 7) is 27.2. The highest BCUT2D eigenvalue weighted by molar-refractivity contribution is 5.95. The third-order valence-corrected chi connectivity index (χ3v) is 8.87. The molecule has 0 bridgehead atoms. The fourth-order valence-electron chi connectivity index (χ4n) is 5.84. The monoisotopic (exact) mass is 937 g/mol. The number of carbonyl (C=O) groups excluding carboxylic acids is 6. The highest BCUT2D eigenvalue weighted by atomic mass is 16.6. The van der Waals surface area contributed by atoms with Crippen LogP contribution in [-0.2, 0) is 61.7 Å². The number of imide groups is 2. The topological polar surface area (TPSA) is 231 Å². The van der Waals surface area contributed by atoms with Crippen LogP contribution in [0.15, 0.2) is 0 Å². The molecule has 2 fully saturated rings. The molecule has 0 aliphatic carbocycles. The molecule has 65 heavy (non-hydrogen) atoms. The lowest BCUT2D eigenvalue weighted by Crippen LogP contribution is -2.54. The minimum absolute atomic E-state index is 0.0567. The number of rotatable bonds is 11. The van der Waals surface area contributed by atoms with Gasteiger partial charge in [-0.15, -0.1) is 0 Å². The summed E-state index contributed by atoms with van der Waals surface area (Å²) in [7, 11) is 1.49. The summed E-state index contributed by atoms with van der Waals surface area (Å²) >= 11 is 0. The van der Waals surface area contributed by atoms with E-state index in [4.69, 9.17) is 52.1 Å². The third-order valence-electron chi connectivity index (χ3n) is 8.87. The molecule has 2 saturated heterocycles. The lowest BCUT2D eigenvalue weighted by atomic mass is 10.1. The van der Waals surface area contributed by atoms with Crippen molar-refractivity contribution in [3.63, 3.8) is 0 Å². The van der Waals surface area contributed by atoms with Crippen LogP contribution in [0, 0.1) is 0 Å². The Morgan fingerprint density at radius 2 is 0.892 bits per heavy atom. The van der Waals surface area contributed by atoms with Crippen LogP contribution in [0.25, 0.3) is 0 Å². The number of aliphatic hydroxyl groups is 1. The van der Waals surface area contributed by atoms with Crippen molar-refractivity contribution < 1.29 is 86.0 Å². The molecule has 8 atom stereocenters. The predicted molar refractivity (Wildman–Crippen MR) is 235 cm³/mol. The van der Waals surface area contributed by atoms with Crippen molar-refractivity contribution in [3.8, 4) is 0 Å². The molecule has 1 N–H and O–H groups in total. The van der Waals surface area contributed by atoms with E-state index in [-0.39, 0.29) is 26.4 Å². The number of unbranched alkanes of at least 4 members (excludes halogenated alkanes) is 2. The molecule has 2 aliphatic heterocycles. The lowest BCUT2D eigenvalue weighted by Gasteiger charge is -2.32. The van der Waals surface area contributed by atoms with Gasteiger partial charge in [0.2, 0.25) is 0 Å². The molecule has 0 unspecified atom stereocenters. The molecular formula is C45H80N2O18. The molecule has 20 nitrogen and oxygen atoms in total. The van der Waals surface area contributed by atoms with Gasteiger partial charge in [-0.05, 0) is 110 Å². The Morgan fingerprint density at radius 3 is 1.22 bits per heavy atom. The number of cyclic esters (lactones) is 2. The van der Waals surface area contributed by atoms with Crippen LogP contribution in [-0.4, -0.2) is 169 Å². The summed E-state index contributed by atoms with van der Waals surface area (Å²) in [5.41, 5.74) is -3.68. The molecule has 2 heterocycles. The third kappa shape index (κ3) is 22.0. The van der Waals surface area contributed by atoms with Gasteiger partial charge < -0.3 is 57.2 Å². The zero-order chi connectivity index (χ0) is 50.1. The van der Waals surface area contributed by atoms with Crippen molar-refractivity contribution in [1.82, 2.24) is 9.80 Å². The fraction of sp³-hybridized carbons (Fsp3) is 0.867. The Morgan fingerprint density at radius 1 is 0.569 bits per heavy atom. The van der Waals surface area contributed by atoms with Gasteiger partial charge in [0.1, 0.15) is 59.0 Å². The number of ether oxygens (including phenoxy) is 11. The maximum Gasteiger partial charge on any atom is 0.420 e. The summed E-state index contributed by atoms with van der Waals surface area (Å²) in [4.78, 5) is 78.8. The Hall–Kier alpha value is -3.82. The van der Waals surface area contributed by atoms with Gasteiger partial charge >= 0.3 is 36.3 Å². The molecule has 0 aromatic rings. The van der Waals surface area contributed by atoms with Crippen LogP contribution in [0.3, 0.4) is 0 Å². The number of methoxy groups -OCH3 is 1. The van der Waals surface area contributed by atoms with E-state index in [1.807, 2.05) is 13.8 Å². The van der Waals surface area contributed by atoms with Crippen LogP contribution in [0.1, 0.15) is 136 Å². The molecule has 4 amide bonds. The SMILES string of the molecule is CCCCO[C@H]1COC[C@H](N(C(=O)OC(C)(C)C)C(=O)OC(C)(C)C)C(=O)O[C@@H](C)[C@@H]1O.CCCCO[C@H]1COC[C@H](N(C(=O)OC(C)(C)C)C(=O)OC(C)(C)C)C(=O)O[C@@H](C)[C@@H]1OC. The van der Waals surface area contributed by atoms with E-state index in [1.165, 1.54) is 14.0 Å².